The minimum atomic E-state index is -0.775. The van der Waals surface area contributed by atoms with Crippen molar-refractivity contribution in [3.05, 3.63) is 0 Å². The molecule has 0 N–H and O–H groups in total. The monoisotopic (exact) mass is 322 g/mol. The van der Waals surface area contributed by atoms with E-state index in [-0.39, 0.29) is 12.2 Å². The highest BCUT2D eigenvalue weighted by molar-refractivity contribution is 6.65. The van der Waals surface area contributed by atoms with E-state index in [1.807, 2.05) is 0 Å². The van der Waals surface area contributed by atoms with Gasteiger partial charge in [-0.25, -0.2) is 0 Å². The molecule has 0 radical (unpaired) electrons. The summed E-state index contributed by atoms with van der Waals surface area (Å²) in [6, 6.07) is 0. The minimum absolute atomic E-state index is 0.109. The zero-order chi connectivity index (χ0) is 15.4. The summed E-state index contributed by atoms with van der Waals surface area (Å²) in [4.78, 5) is 33.8. The first-order chi connectivity index (χ1) is 9.49. The second kappa shape index (κ2) is 12.3. The van der Waals surface area contributed by atoms with Crippen molar-refractivity contribution >= 4 is 39.5 Å². The van der Waals surface area contributed by atoms with Gasteiger partial charge >= 0.3 is 0 Å². The van der Waals surface area contributed by atoms with Crippen LogP contribution in [0.15, 0.2) is 0 Å². The molecule has 0 amide bonds. The fraction of sp³-hybridized carbons (Fsp3) is 0.800. The quantitative estimate of drug-likeness (QED) is 0.282. The molecule has 0 aromatic rings. The molecule has 0 spiro atoms. The average molecular weight is 323 g/mol. The number of rotatable bonds is 13. The van der Waals surface area contributed by atoms with Crippen molar-refractivity contribution in [3.63, 3.8) is 0 Å². The lowest BCUT2D eigenvalue weighted by Gasteiger charge is -2.10. The van der Waals surface area contributed by atoms with Crippen LogP contribution in [-0.2, 0) is 14.4 Å². The number of ketones is 1. The number of hydrogen-bond acceptors (Lipinski definition) is 3. The second-order valence-corrected chi connectivity index (χ2v) is 5.88. The largest absolute Gasteiger partial charge is 0.299 e. The fourth-order valence-corrected chi connectivity index (χ4v) is 2.46. The molecule has 0 fully saturated rings. The summed E-state index contributed by atoms with van der Waals surface area (Å²) in [5.74, 6) is -0.883. The molecule has 0 aromatic carbocycles. The lowest BCUT2D eigenvalue weighted by molar-refractivity contribution is -0.129. The molecule has 0 aliphatic carbocycles. The van der Waals surface area contributed by atoms with Crippen LogP contribution in [0.3, 0.4) is 0 Å². The van der Waals surface area contributed by atoms with E-state index in [1.165, 1.54) is 19.3 Å². The summed E-state index contributed by atoms with van der Waals surface area (Å²) in [7, 11) is 0. The molecule has 0 saturated carbocycles. The number of halogens is 2. The lowest BCUT2D eigenvalue weighted by Crippen LogP contribution is -2.20. The Labute approximate surface area is 131 Å². The van der Waals surface area contributed by atoms with Gasteiger partial charge in [0.1, 0.15) is 5.78 Å². The van der Waals surface area contributed by atoms with Crippen molar-refractivity contribution in [1.82, 2.24) is 0 Å². The van der Waals surface area contributed by atoms with Crippen molar-refractivity contribution in [2.24, 2.45) is 5.92 Å². The maximum atomic E-state index is 11.9. The zero-order valence-electron chi connectivity index (χ0n) is 12.1. The van der Waals surface area contributed by atoms with Crippen molar-refractivity contribution in [2.75, 3.05) is 0 Å². The Morgan fingerprint density at radius 3 is 2.00 bits per heavy atom. The molecular weight excluding hydrogens is 299 g/mol. The van der Waals surface area contributed by atoms with Gasteiger partial charge in [-0.05, 0) is 42.5 Å². The molecular formula is C15H24Cl2O3. The van der Waals surface area contributed by atoms with Gasteiger partial charge < -0.3 is 0 Å². The summed E-state index contributed by atoms with van der Waals surface area (Å²) in [5.41, 5.74) is 0. The molecule has 0 saturated heterocycles. The highest BCUT2D eigenvalue weighted by Crippen LogP contribution is 2.18. The molecule has 3 nitrogen and oxygen atoms in total. The average Bonchev–Trinajstić information content (AvgIpc) is 2.37. The lowest BCUT2D eigenvalue weighted by atomic mass is 9.94. The number of Topliss-reactive ketones (excluding diaryl/α,β-unsaturated/α-hetero) is 1. The molecule has 0 bridgehead atoms. The van der Waals surface area contributed by atoms with Crippen LogP contribution in [0, 0.1) is 5.92 Å². The van der Waals surface area contributed by atoms with Crippen molar-refractivity contribution < 1.29 is 14.4 Å². The summed E-state index contributed by atoms with van der Waals surface area (Å²) in [6.45, 7) is 2.16. The number of carbonyl (C=O) groups is 3. The van der Waals surface area contributed by atoms with Gasteiger partial charge in [-0.15, -0.1) is 0 Å². The standard InChI is InChI=1S/C15H24Cl2O3/c1-2-3-4-5-6-7-10-13(18)12(15(17)20)9-8-11-14(16)19/h12H,2-11H2,1H3. The van der Waals surface area contributed by atoms with E-state index in [9.17, 15) is 14.4 Å². The van der Waals surface area contributed by atoms with E-state index >= 15 is 0 Å². The topological polar surface area (TPSA) is 51.2 Å². The van der Waals surface area contributed by atoms with Crippen LogP contribution in [0.1, 0.15) is 71.1 Å². The van der Waals surface area contributed by atoms with E-state index in [0.29, 0.717) is 19.3 Å². The maximum Gasteiger partial charge on any atom is 0.232 e. The number of hydrogen-bond donors (Lipinski definition) is 0. The minimum Gasteiger partial charge on any atom is -0.299 e. The summed E-state index contributed by atoms with van der Waals surface area (Å²) in [6.07, 6.45) is 7.86. The Morgan fingerprint density at radius 2 is 1.45 bits per heavy atom. The van der Waals surface area contributed by atoms with Crippen LogP contribution >= 0.6 is 23.2 Å². The van der Waals surface area contributed by atoms with E-state index in [1.54, 1.807) is 0 Å². The van der Waals surface area contributed by atoms with Gasteiger partial charge in [-0.1, -0.05) is 39.0 Å². The van der Waals surface area contributed by atoms with Crippen molar-refractivity contribution in [2.45, 2.75) is 71.1 Å². The maximum absolute atomic E-state index is 11.9. The number of unbranched alkanes of at least 4 members (excludes halogenated alkanes) is 5. The van der Waals surface area contributed by atoms with Gasteiger partial charge in [0, 0.05) is 12.8 Å². The van der Waals surface area contributed by atoms with Gasteiger partial charge in [-0.2, -0.15) is 0 Å². The van der Waals surface area contributed by atoms with Crippen LogP contribution in [0.5, 0.6) is 0 Å². The smallest absolute Gasteiger partial charge is 0.232 e. The van der Waals surface area contributed by atoms with Crippen LogP contribution in [0.2, 0.25) is 0 Å². The summed E-state index contributed by atoms with van der Waals surface area (Å²) < 4.78 is 0. The van der Waals surface area contributed by atoms with Gasteiger partial charge in [0.15, 0.2) is 0 Å². The van der Waals surface area contributed by atoms with Gasteiger partial charge in [0.05, 0.1) is 5.92 Å². The van der Waals surface area contributed by atoms with E-state index < -0.39 is 16.4 Å². The fourth-order valence-electron chi connectivity index (χ4n) is 2.10. The Bertz CT molecular complexity index is 316. The van der Waals surface area contributed by atoms with Gasteiger partial charge in [0.25, 0.3) is 0 Å². The summed E-state index contributed by atoms with van der Waals surface area (Å²) >= 11 is 10.7. The third-order valence-electron chi connectivity index (χ3n) is 3.31. The first-order valence-corrected chi connectivity index (χ1v) is 8.15. The first-order valence-electron chi connectivity index (χ1n) is 7.39. The highest BCUT2D eigenvalue weighted by atomic mass is 35.5. The van der Waals surface area contributed by atoms with Crippen LogP contribution in [-0.4, -0.2) is 16.3 Å². The Hall–Kier alpha value is -0.410. The highest BCUT2D eigenvalue weighted by Gasteiger charge is 2.24. The Kier molecular flexibility index (Phi) is 12.1. The van der Waals surface area contributed by atoms with Crippen LogP contribution < -0.4 is 0 Å². The van der Waals surface area contributed by atoms with E-state index in [2.05, 4.69) is 6.92 Å². The molecule has 0 rings (SSSR count). The second-order valence-electron chi connectivity index (χ2n) is 5.09. The predicted octanol–water partition coefficient (Wildman–Crippen LogP) is 4.62. The van der Waals surface area contributed by atoms with Crippen molar-refractivity contribution in [3.8, 4) is 0 Å². The molecule has 1 unspecified atom stereocenters. The molecule has 0 aliphatic rings. The van der Waals surface area contributed by atoms with Crippen molar-refractivity contribution in [1.29, 1.82) is 0 Å². The Morgan fingerprint density at radius 1 is 0.850 bits per heavy atom. The summed E-state index contributed by atoms with van der Waals surface area (Å²) in [5, 5.41) is -1.07. The van der Waals surface area contributed by atoms with Gasteiger partial charge in [0.2, 0.25) is 10.5 Å². The molecule has 0 aliphatic heterocycles. The van der Waals surface area contributed by atoms with Crippen LogP contribution in [0.25, 0.3) is 0 Å². The molecule has 0 aromatic heterocycles. The first kappa shape index (κ1) is 19.6. The van der Waals surface area contributed by atoms with E-state index in [4.69, 9.17) is 23.2 Å². The third-order valence-corrected chi connectivity index (χ3v) is 3.76. The molecule has 0 heterocycles. The van der Waals surface area contributed by atoms with Gasteiger partial charge in [-0.3, -0.25) is 14.4 Å². The van der Waals surface area contributed by atoms with Crippen LogP contribution in [0.4, 0.5) is 0 Å². The zero-order valence-corrected chi connectivity index (χ0v) is 13.6. The predicted molar refractivity (Wildman–Crippen MR) is 82.1 cm³/mol. The molecule has 1 atom stereocenters. The Balaban J connectivity index is 3.91. The molecule has 20 heavy (non-hydrogen) atoms. The normalized spacial score (nSPS) is 12.2. The van der Waals surface area contributed by atoms with E-state index in [0.717, 1.165) is 19.3 Å². The molecule has 5 heteroatoms. The molecule has 116 valence electrons. The number of carbonyl (C=O) groups excluding carboxylic acids is 3. The SMILES string of the molecule is CCCCCCCCC(=O)C(CCCC(=O)Cl)C(=O)Cl. The third kappa shape index (κ3) is 10.4.